The van der Waals surface area contributed by atoms with Crippen LogP contribution in [-0.4, -0.2) is 87.3 Å². The number of piperidine rings is 1. The molecule has 0 aliphatic carbocycles. The number of hydrogen-bond acceptors (Lipinski definition) is 9. The summed E-state index contributed by atoms with van der Waals surface area (Å²) in [7, 11) is 1.94. The van der Waals surface area contributed by atoms with Gasteiger partial charge in [0.05, 0.1) is 12.0 Å². The molecule has 0 spiro atoms. The number of amides is 3. The van der Waals surface area contributed by atoms with Crippen molar-refractivity contribution < 1.29 is 38.2 Å². The van der Waals surface area contributed by atoms with Crippen LogP contribution in [0.5, 0.6) is 0 Å². The monoisotopic (exact) mass is 821 g/mol. The summed E-state index contributed by atoms with van der Waals surface area (Å²) in [5.41, 5.74) is 1.69. The molecule has 1 aromatic heterocycles. The number of nitrogens with one attached hydrogen (secondary N) is 2. The van der Waals surface area contributed by atoms with Crippen molar-refractivity contribution in [3.05, 3.63) is 87.6 Å². The molecular weight excluding hydrogens is 762 g/mol. The van der Waals surface area contributed by atoms with Gasteiger partial charge in [-0.05, 0) is 74.4 Å². The Morgan fingerprint density at radius 3 is 2.28 bits per heavy atom. The molecule has 12 nitrogen and oxygen atoms in total. The molecule has 3 N–H and O–H groups in total. The number of rotatable bonds is 20. The lowest BCUT2D eigenvalue weighted by atomic mass is 9.91. The summed E-state index contributed by atoms with van der Waals surface area (Å²) >= 11 is 1.15. The van der Waals surface area contributed by atoms with E-state index in [1.165, 1.54) is 19.1 Å². The highest BCUT2D eigenvalue weighted by Gasteiger charge is 2.39. The molecule has 1 aliphatic rings. The van der Waals surface area contributed by atoms with Crippen LogP contribution in [0.4, 0.5) is 4.39 Å². The molecule has 58 heavy (non-hydrogen) atoms. The molecule has 4 rings (SSSR count). The molecule has 3 aromatic rings. The molecule has 0 bridgehead atoms. The number of nitrogens with zero attached hydrogens (tertiary/aromatic N) is 3. The summed E-state index contributed by atoms with van der Waals surface area (Å²) in [6.07, 6.45) is 2.99. The molecule has 3 amide bonds. The number of hydrogen-bond donors (Lipinski definition) is 3. The van der Waals surface area contributed by atoms with E-state index < -0.39 is 53.8 Å². The van der Waals surface area contributed by atoms with E-state index in [1.54, 1.807) is 29.3 Å². The quantitative estimate of drug-likeness (QED) is 0.104. The molecule has 316 valence electrons. The fourth-order valence-electron chi connectivity index (χ4n) is 7.46. The maximum absolute atomic E-state index is 15.0. The van der Waals surface area contributed by atoms with Crippen LogP contribution in [0.15, 0.2) is 60.0 Å². The van der Waals surface area contributed by atoms with Gasteiger partial charge >= 0.3 is 11.9 Å². The van der Waals surface area contributed by atoms with Gasteiger partial charge < -0.3 is 25.4 Å². The van der Waals surface area contributed by atoms with Crippen LogP contribution in [0.1, 0.15) is 113 Å². The second-order valence-corrected chi connectivity index (χ2v) is 16.9. The molecule has 2 aromatic carbocycles. The van der Waals surface area contributed by atoms with Gasteiger partial charge in [0.2, 0.25) is 11.8 Å². The summed E-state index contributed by atoms with van der Waals surface area (Å²) in [4.78, 5) is 75.2. The molecule has 7 atom stereocenters. The van der Waals surface area contributed by atoms with Crippen molar-refractivity contribution in [2.24, 2.45) is 17.8 Å². The molecule has 7 unspecified atom stereocenters. The molecule has 2 heterocycles. The number of carboxylic acids is 1. The first-order valence-electron chi connectivity index (χ1n) is 20.3. The number of likely N-dealkylation sites (N-methyl/N-ethyl adjacent to an activating group) is 1. The highest BCUT2D eigenvalue weighted by Crippen LogP contribution is 2.32. The SMILES string of the molecule is CCC(C)C(NC(=O)C1CCCCN1C)C(=O)N(Cc1ccccc1)C(CC(OC(C)=O)c1nc(C(=O)NC(Cc2ccc(F)cc2)CC(C)C(=O)O)cs1)C(C)C. The van der Waals surface area contributed by atoms with Crippen molar-refractivity contribution in [2.45, 2.75) is 123 Å². The zero-order valence-corrected chi connectivity index (χ0v) is 35.6. The van der Waals surface area contributed by atoms with E-state index in [-0.39, 0.29) is 61.2 Å². The standard InChI is InChI=1S/C44H60FN5O7S/c1-8-28(4)39(48-41(53)36-16-12-13-21-49(36)7)43(54)50(25-32-14-10-9-11-15-32)37(27(2)3)24-38(57-30(6)51)42-47-35(26-58-42)40(52)46-34(22-29(5)44(55)56)23-31-17-19-33(45)20-18-31/h9-11,14-15,17-20,26-29,34,36-39H,8,12-13,16,21-25H2,1-7H3,(H,46,52)(H,48,53)(H,55,56). The summed E-state index contributed by atoms with van der Waals surface area (Å²) in [6, 6.07) is 13.2. The van der Waals surface area contributed by atoms with Gasteiger partial charge in [-0.15, -0.1) is 11.3 Å². The lowest BCUT2D eigenvalue weighted by molar-refractivity contribution is -0.150. The number of carbonyl (C=O) groups is 5. The molecule has 1 aliphatic heterocycles. The third-order valence-corrected chi connectivity index (χ3v) is 12.0. The zero-order valence-electron chi connectivity index (χ0n) is 34.8. The number of thiazole rings is 1. The van der Waals surface area contributed by atoms with Crippen LogP contribution in [-0.2, 0) is 36.9 Å². The minimum Gasteiger partial charge on any atom is -0.481 e. The maximum atomic E-state index is 15.0. The van der Waals surface area contributed by atoms with Crippen LogP contribution in [0.25, 0.3) is 0 Å². The number of aromatic nitrogens is 1. The van der Waals surface area contributed by atoms with E-state index in [0.717, 1.165) is 48.3 Å². The first-order chi connectivity index (χ1) is 27.6. The number of ether oxygens (including phenoxy) is 1. The third kappa shape index (κ3) is 13.2. The summed E-state index contributed by atoms with van der Waals surface area (Å²) in [5, 5.41) is 17.6. The fraction of sp³-hybridized carbons (Fsp3) is 0.545. The number of aliphatic carboxylic acids is 1. The Labute approximate surface area is 345 Å². The Bertz CT molecular complexity index is 1820. The number of likely N-dealkylation sites (tertiary alicyclic amines) is 1. The van der Waals surface area contributed by atoms with Crippen molar-refractivity contribution in [3.63, 3.8) is 0 Å². The van der Waals surface area contributed by atoms with Crippen molar-refractivity contribution in [3.8, 4) is 0 Å². The third-order valence-electron chi connectivity index (χ3n) is 11.1. The van der Waals surface area contributed by atoms with E-state index in [9.17, 15) is 33.5 Å². The van der Waals surface area contributed by atoms with Gasteiger partial charge in [0.25, 0.3) is 5.91 Å². The number of benzene rings is 2. The summed E-state index contributed by atoms with van der Waals surface area (Å²) in [5.74, 6) is -3.96. The van der Waals surface area contributed by atoms with Crippen molar-refractivity contribution in [1.82, 2.24) is 25.4 Å². The lowest BCUT2D eigenvalue weighted by Gasteiger charge is -2.40. The predicted octanol–water partition coefficient (Wildman–Crippen LogP) is 6.80. The minimum absolute atomic E-state index is 0.0646. The van der Waals surface area contributed by atoms with Gasteiger partial charge in [0, 0.05) is 37.4 Å². The number of halogens is 1. The highest BCUT2D eigenvalue weighted by atomic mass is 32.1. The van der Waals surface area contributed by atoms with Gasteiger partial charge in [-0.3, -0.25) is 28.9 Å². The smallest absolute Gasteiger partial charge is 0.306 e. The largest absolute Gasteiger partial charge is 0.481 e. The second kappa shape index (κ2) is 21.9. The Morgan fingerprint density at radius 1 is 0.983 bits per heavy atom. The number of carbonyl (C=O) groups excluding carboxylic acids is 4. The topological polar surface area (TPSA) is 158 Å². The molecule has 1 saturated heterocycles. The first-order valence-corrected chi connectivity index (χ1v) is 21.2. The zero-order chi connectivity index (χ0) is 42.5. The van der Waals surface area contributed by atoms with Crippen LogP contribution < -0.4 is 10.6 Å². The summed E-state index contributed by atoms with van der Waals surface area (Å²) < 4.78 is 19.5. The predicted molar refractivity (Wildman–Crippen MR) is 221 cm³/mol. The van der Waals surface area contributed by atoms with Gasteiger partial charge in [0.15, 0.2) is 6.10 Å². The second-order valence-electron chi connectivity index (χ2n) is 16.0. The lowest BCUT2D eigenvalue weighted by Crippen LogP contribution is -2.58. The summed E-state index contributed by atoms with van der Waals surface area (Å²) in [6.45, 7) is 11.9. The Hall–Kier alpha value is -4.69. The molecule has 1 fully saturated rings. The van der Waals surface area contributed by atoms with Crippen LogP contribution in [0, 0.1) is 23.6 Å². The van der Waals surface area contributed by atoms with Gasteiger partial charge in [-0.25, -0.2) is 9.37 Å². The molecule has 14 heteroatoms. The Morgan fingerprint density at radius 2 is 1.67 bits per heavy atom. The van der Waals surface area contributed by atoms with Crippen LogP contribution in [0.3, 0.4) is 0 Å². The number of carboxylic acid groups (broad SMARTS) is 1. The molecular formula is C44H60FN5O7S. The van der Waals surface area contributed by atoms with Crippen molar-refractivity contribution in [1.29, 1.82) is 0 Å². The maximum Gasteiger partial charge on any atom is 0.306 e. The van der Waals surface area contributed by atoms with Gasteiger partial charge in [-0.2, -0.15) is 0 Å². The van der Waals surface area contributed by atoms with E-state index >= 15 is 0 Å². The average Bonchev–Trinajstić information content (AvgIpc) is 3.69. The van der Waals surface area contributed by atoms with E-state index in [0.29, 0.717) is 11.4 Å². The fourth-order valence-corrected chi connectivity index (χ4v) is 8.30. The molecule has 0 saturated carbocycles. The van der Waals surface area contributed by atoms with E-state index in [4.69, 9.17) is 4.74 Å². The van der Waals surface area contributed by atoms with Gasteiger partial charge in [-0.1, -0.05) is 89.9 Å². The minimum atomic E-state index is -1.01. The Balaban J connectivity index is 1.64. The van der Waals surface area contributed by atoms with Gasteiger partial charge in [0.1, 0.15) is 22.6 Å². The molecule has 0 radical (unpaired) electrons. The van der Waals surface area contributed by atoms with E-state index in [1.807, 2.05) is 70.0 Å². The highest BCUT2D eigenvalue weighted by molar-refractivity contribution is 7.09. The Kier molecular flexibility index (Phi) is 17.4. The van der Waals surface area contributed by atoms with Crippen molar-refractivity contribution >= 4 is 41.0 Å². The van der Waals surface area contributed by atoms with Crippen LogP contribution in [0.2, 0.25) is 0 Å². The van der Waals surface area contributed by atoms with E-state index in [2.05, 4.69) is 15.6 Å². The first kappa shape index (κ1) is 46.0. The average molecular weight is 822 g/mol. The van der Waals surface area contributed by atoms with Crippen LogP contribution >= 0.6 is 11.3 Å². The number of esters is 1. The normalized spacial score (nSPS) is 17.6. The van der Waals surface area contributed by atoms with Crippen molar-refractivity contribution in [2.75, 3.05) is 13.6 Å².